The Labute approximate surface area is 39.3 Å². The topological polar surface area (TPSA) is 26.0 Å². The molecule has 0 heterocycles. The molecule has 1 nitrogen and oxygen atoms in total. The molecule has 0 unspecified atom stereocenters. The van der Waals surface area contributed by atoms with Crippen molar-refractivity contribution in [1.29, 1.82) is 0 Å². The van der Waals surface area contributed by atoms with Crippen LogP contribution in [0.2, 0.25) is 0 Å². The van der Waals surface area contributed by atoms with Crippen molar-refractivity contribution >= 4 is 0 Å². The quantitative estimate of drug-likeness (QED) is 0.534. The normalized spacial score (nSPS) is 12.0. The Hall–Kier alpha value is -0.250. The number of rotatable bonds is 1. The zero-order valence-corrected chi connectivity index (χ0v) is 3.63. The van der Waals surface area contributed by atoms with E-state index in [1.54, 1.807) is 0 Å². The van der Waals surface area contributed by atoms with Crippen molar-refractivity contribution in [2.75, 3.05) is 6.54 Å². The van der Waals surface area contributed by atoms with Crippen molar-refractivity contribution in [2.24, 2.45) is 5.73 Å². The Bertz CT molecular complexity index is 48.6. The number of hydrogen-bond donors (Lipinski definition) is 1. The molecule has 4 heteroatoms. The van der Waals surface area contributed by atoms with Crippen LogP contribution in [0.3, 0.4) is 0 Å². The first-order valence-electron chi connectivity index (χ1n) is 1.83. The minimum absolute atomic E-state index is 0.316. The van der Waals surface area contributed by atoms with Crippen LogP contribution in [0, 0.1) is 0 Å². The number of alkyl halides is 3. The lowest BCUT2D eigenvalue weighted by Crippen LogP contribution is -2.14. The summed E-state index contributed by atoms with van der Waals surface area (Å²) in [5.74, 6) is 0. The minimum atomic E-state index is -4.07. The average molecular weight is 111 g/mol. The molecule has 0 aromatic rings. The Morgan fingerprint density at radius 2 is 1.71 bits per heavy atom. The highest BCUT2D eigenvalue weighted by atomic mass is 19.2. The van der Waals surface area contributed by atoms with Gasteiger partial charge in [0.05, 0.1) is 6.42 Å². The molecule has 0 aromatic heterocycles. The standard InChI is InChI=1S/C3H6F3N/c4-3(5,6)1-2-7/h1-2,7H2/i4-1,5-1. The van der Waals surface area contributed by atoms with Gasteiger partial charge in [0.1, 0.15) is 0 Å². The van der Waals surface area contributed by atoms with Crippen LogP contribution in [0.25, 0.3) is 0 Å². The first kappa shape index (κ1) is 6.75. The maximum atomic E-state index is 11.0. The molecule has 0 aromatic carbocycles. The molecule has 0 radical (unpaired) electrons. The van der Waals surface area contributed by atoms with Gasteiger partial charge in [0.2, 0.25) is 0 Å². The van der Waals surface area contributed by atoms with Crippen LogP contribution in [0.4, 0.5) is 13.2 Å². The molecular formula is C3H6F3N. The van der Waals surface area contributed by atoms with Crippen molar-refractivity contribution in [3.63, 3.8) is 0 Å². The van der Waals surface area contributed by atoms with E-state index in [1.807, 2.05) is 0 Å². The predicted octanol–water partition coefficient (Wildman–Crippen LogP) is 0.898. The van der Waals surface area contributed by atoms with Crippen molar-refractivity contribution < 1.29 is 13.2 Å². The van der Waals surface area contributed by atoms with Gasteiger partial charge in [0.25, 0.3) is 0 Å². The third-order valence-electron chi connectivity index (χ3n) is 0.428. The lowest BCUT2D eigenvalue weighted by molar-refractivity contribution is -0.132. The highest BCUT2D eigenvalue weighted by Gasteiger charge is 2.24. The lowest BCUT2D eigenvalue weighted by atomic mass is 10.4. The summed E-state index contributed by atoms with van der Waals surface area (Å²) in [7, 11) is 0. The van der Waals surface area contributed by atoms with Gasteiger partial charge in [-0.3, -0.25) is 0 Å². The Morgan fingerprint density at radius 3 is 1.71 bits per heavy atom. The second kappa shape index (κ2) is 2.16. The Kier molecular flexibility index (Phi) is 2.08. The summed E-state index contributed by atoms with van der Waals surface area (Å²) in [4.78, 5) is 0. The molecule has 0 rings (SSSR count). The van der Waals surface area contributed by atoms with Gasteiger partial charge in [-0.1, -0.05) is 0 Å². The van der Waals surface area contributed by atoms with Crippen LogP contribution in [0.5, 0.6) is 0 Å². The van der Waals surface area contributed by atoms with Gasteiger partial charge in [-0.05, 0) is 0 Å². The van der Waals surface area contributed by atoms with Crippen molar-refractivity contribution in [1.82, 2.24) is 0 Å². The van der Waals surface area contributed by atoms with Crippen LogP contribution < -0.4 is 5.73 Å². The maximum absolute atomic E-state index is 11.0. The largest absolute Gasteiger partial charge is 0.390 e. The van der Waals surface area contributed by atoms with Crippen LogP contribution in [-0.2, 0) is 0 Å². The molecule has 0 bridgehead atoms. The maximum Gasteiger partial charge on any atom is 0.390 e. The zero-order chi connectivity index (χ0) is 5.91. The van der Waals surface area contributed by atoms with Crippen LogP contribution in [0.15, 0.2) is 0 Å². The van der Waals surface area contributed by atoms with Gasteiger partial charge in [0.15, 0.2) is 0 Å². The summed E-state index contributed by atoms with van der Waals surface area (Å²) >= 11 is 0. The molecule has 0 spiro atoms. The summed E-state index contributed by atoms with van der Waals surface area (Å²) in [6.07, 6.45) is -4.96. The summed E-state index contributed by atoms with van der Waals surface area (Å²) in [6, 6.07) is 0. The van der Waals surface area contributed by atoms with Crippen LogP contribution >= 0.6 is 0 Å². The van der Waals surface area contributed by atoms with E-state index in [1.165, 1.54) is 0 Å². The molecule has 0 atom stereocenters. The van der Waals surface area contributed by atoms with E-state index in [4.69, 9.17) is 0 Å². The number of hydrogen-bond acceptors (Lipinski definition) is 1. The Balaban J connectivity index is 3.15. The van der Waals surface area contributed by atoms with Crippen LogP contribution in [0.1, 0.15) is 6.42 Å². The van der Waals surface area contributed by atoms with E-state index in [-0.39, 0.29) is 6.54 Å². The van der Waals surface area contributed by atoms with Crippen molar-refractivity contribution in [3.05, 3.63) is 0 Å². The molecule has 0 aliphatic carbocycles. The highest BCUT2D eigenvalue weighted by Crippen LogP contribution is 2.17. The van der Waals surface area contributed by atoms with E-state index in [2.05, 4.69) is 5.73 Å². The molecule has 0 saturated carbocycles. The van der Waals surface area contributed by atoms with Gasteiger partial charge >= 0.3 is 6.18 Å². The second-order valence-corrected chi connectivity index (χ2v) is 1.15. The molecule has 44 valence electrons. The fraction of sp³-hybridized carbons (Fsp3) is 1.00. The molecule has 0 saturated heterocycles. The van der Waals surface area contributed by atoms with Gasteiger partial charge in [-0.15, -0.1) is 0 Å². The molecular weight excluding hydrogens is 105 g/mol. The van der Waals surface area contributed by atoms with Crippen LogP contribution in [-0.4, -0.2) is 12.7 Å². The smallest absolute Gasteiger partial charge is 0.330 e. The number of halogens is 3. The second-order valence-electron chi connectivity index (χ2n) is 1.15. The summed E-state index contributed by atoms with van der Waals surface area (Å²) < 4.78 is 32.9. The third-order valence-corrected chi connectivity index (χ3v) is 0.428. The third kappa shape index (κ3) is 5.75. The zero-order valence-electron chi connectivity index (χ0n) is 3.63. The fourth-order valence-corrected chi connectivity index (χ4v) is 0.164. The lowest BCUT2D eigenvalue weighted by Gasteiger charge is -2.00. The first-order chi connectivity index (χ1) is 3.06. The highest BCUT2D eigenvalue weighted by molar-refractivity contribution is 4.47. The predicted molar refractivity (Wildman–Crippen MR) is 19.7 cm³/mol. The first-order valence-corrected chi connectivity index (χ1v) is 1.83. The summed E-state index contributed by atoms with van der Waals surface area (Å²) in [5, 5.41) is 0. The van der Waals surface area contributed by atoms with Gasteiger partial charge in [-0.25, -0.2) is 0 Å². The minimum Gasteiger partial charge on any atom is -0.330 e. The number of nitrogens with two attached hydrogens (primary N) is 1. The van der Waals surface area contributed by atoms with E-state index in [0.717, 1.165) is 0 Å². The molecule has 7 heavy (non-hydrogen) atoms. The Morgan fingerprint density at radius 1 is 1.29 bits per heavy atom. The van der Waals surface area contributed by atoms with Gasteiger partial charge < -0.3 is 5.73 Å². The van der Waals surface area contributed by atoms with E-state index >= 15 is 0 Å². The molecule has 0 aliphatic heterocycles. The van der Waals surface area contributed by atoms with Gasteiger partial charge in [-0.2, -0.15) is 13.2 Å². The van der Waals surface area contributed by atoms with E-state index in [9.17, 15) is 13.2 Å². The summed E-state index contributed by atoms with van der Waals surface area (Å²) in [6.45, 7) is -0.316. The van der Waals surface area contributed by atoms with Gasteiger partial charge in [0, 0.05) is 6.54 Å². The molecule has 0 amide bonds. The molecule has 0 fully saturated rings. The van der Waals surface area contributed by atoms with E-state index in [0.29, 0.717) is 0 Å². The van der Waals surface area contributed by atoms with Crippen molar-refractivity contribution in [3.8, 4) is 0 Å². The summed E-state index contributed by atoms with van der Waals surface area (Å²) in [5.41, 5.74) is 4.59. The monoisotopic (exact) mass is 111 g/mol. The molecule has 0 aliphatic rings. The molecule has 2 N–H and O–H groups in total. The van der Waals surface area contributed by atoms with E-state index < -0.39 is 12.6 Å². The SMILES string of the molecule is NCCC(F)([18F])[18F]. The fourth-order valence-electron chi connectivity index (χ4n) is 0.164. The van der Waals surface area contributed by atoms with Crippen molar-refractivity contribution in [2.45, 2.75) is 12.6 Å². The average Bonchev–Trinajstić information content (AvgIpc) is 1.30.